The SMILES string of the molecule is O=C(COC1CCN(c2ncc3ncnc(Nc4ccc(F)c(Cl)c4)c3n2)CC1)N1CCOCC1. The van der Waals surface area contributed by atoms with Crippen molar-refractivity contribution in [2.75, 3.05) is 56.2 Å². The van der Waals surface area contributed by atoms with Gasteiger partial charge in [0.1, 0.15) is 29.8 Å². The zero-order chi connectivity index (χ0) is 24.2. The molecule has 0 bridgehead atoms. The van der Waals surface area contributed by atoms with Crippen LogP contribution in [-0.2, 0) is 14.3 Å². The number of ether oxygens (including phenoxy) is 2. The number of hydrogen-bond acceptors (Lipinski definition) is 9. The van der Waals surface area contributed by atoms with Crippen LogP contribution < -0.4 is 10.2 Å². The molecule has 2 saturated heterocycles. The zero-order valence-electron chi connectivity index (χ0n) is 19.0. The minimum Gasteiger partial charge on any atom is -0.378 e. The maximum Gasteiger partial charge on any atom is 0.248 e. The molecule has 0 saturated carbocycles. The highest BCUT2D eigenvalue weighted by Crippen LogP contribution is 2.26. The first kappa shape index (κ1) is 23.6. The number of fused-ring (bicyclic) bond motifs is 1. The molecule has 0 spiro atoms. The van der Waals surface area contributed by atoms with E-state index in [0.717, 1.165) is 12.8 Å². The molecular weight excluding hydrogens is 477 g/mol. The number of nitrogens with one attached hydrogen (secondary N) is 1. The molecule has 0 atom stereocenters. The second-order valence-electron chi connectivity index (χ2n) is 8.37. The van der Waals surface area contributed by atoms with Crippen LogP contribution in [-0.4, -0.2) is 82.8 Å². The molecule has 0 aliphatic carbocycles. The summed E-state index contributed by atoms with van der Waals surface area (Å²) in [4.78, 5) is 33.9. The Morgan fingerprint density at radius 1 is 1.17 bits per heavy atom. The second-order valence-corrected chi connectivity index (χ2v) is 8.78. The van der Waals surface area contributed by atoms with Crippen LogP contribution in [0.3, 0.4) is 0 Å². The normalized spacial score (nSPS) is 17.1. The van der Waals surface area contributed by atoms with Gasteiger partial charge in [-0.3, -0.25) is 4.79 Å². The van der Waals surface area contributed by atoms with Crippen LogP contribution >= 0.6 is 11.6 Å². The summed E-state index contributed by atoms with van der Waals surface area (Å²) >= 11 is 5.90. The van der Waals surface area contributed by atoms with Gasteiger partial charge in [-0.25, -0.2) is 24.3 Å². The van der Waals surface area contributed by atoms with Gasteiger partial charge in [0.25, 0.3) is 0 Å². The number of halogens is 2. The molecule has 2 fully saturated rings. The summed E-state index contributed by atoms with van der Waals surface area (Å²) in [6, 6.07) is 4.35. The Morgan fingerprint density at radius 3 is 2.74 bits per heavy atom. The van der Waals surface area contributed by atoms with Gasteiger partial charge in [0.05, 0.1) is 30.5 Å². The van der Waals surface area contributed by atoms with Gasteiger partial charge in [0.15, 0.2) is 5.82 Å². The van der Waals surface area contributed by atoms with Gasteiger partial charge in [-0.15, -0.1) is 0 Å². The van der Waals surface area contributed by atoms with Gasteiger partial charge in [0.2, 0.25) is 11.9 Å². The molecule has 2 aliphatic rings. The van der Waals surface area contributed by atoms with E-state index in [2.05, 4.69) is 25.2 Å². The lowest BCUT2D eigenvalue weighted by Gasteiger charge is -2.32. The van der Waals surface area contributed by atoms with Crippen LogP contribution in [0.25, 0.3) is 11.0 Å². The van der Waals surface area contributed by atoms with Gasteiger partial charge in [-0.1, -0.05) is 11.6 Å². The number of amides is 1. The first-order valence-corrected chi connectivity index (χ1v) is 11.9. The Kier molecular flexibility index (Phi) is 7.16. The zero-order valence-corrected chi connectivity index (χ0v) is 19.7. The average molecular weight is 502 g/mol. The molecule has 1 N–H and O–H groups in total. The lowest BCUT2D eigenvalue weighted by molar-refractivity contribution is -0.142. The van der Waals surface area contributed by atoms with E-state index in [1.807, 2.05) is 0 Å². The van der Waals surface area contributed by atoms with Crippen molar-refractivity contribution >= 4 is 46.0 Å². The monoisotopic (exact) mass is 501 g/mol. The summed E-state index contributed by atoms with van der Waals surface area (Å²) < 4.78 is 24.7. The van der Waals surface area contributed by atoms with Gasteiger partial charge in [-0.05, 0) is 31.0 Å². The molecule has 0 unspecified atom stereocenters. The Bertz CT molecular complexity index is 1200. The lowest BCUT2D eigenvalue weighted by atomic mass is 10.1. The number of carbonyl (C=O) groups is 1. The lowest BCUT2D eigenvalue weighted by Crippen LogP contribution is -2.44. The third-order valence-corrected chi connectivity index (χ3v) is 6.37. The number of benzene rings is 1. The van der Waals surface area contributed by atoms with Crippen molar-refractivity contribution in [2.24, 2.45) is 0 Å². The van der Waals surface area contributed by atoms with Gasteiger partial charge in [0, 0.05) is 31.9 Å². The number of anilines is 3. The largest absolute Gasteiger partial charge is 0.378 e. The van der Waals surface area contributed by atoms with Crippen molar-refractivity contribution in [1.29, 1.82) is 0 Å². The topological polar surface area (TPSA) is 106 Å². The standard InChI is InChI=1S/C23H25ClFN7O3/c24-17-11-15(1-2-18(17)25)29-22-21-19(27-14-28-22)12-26-23(30-21)32-5-3-16(4-6-32)35-13-20(33)31-7-9-34-10-8-31/h1-2,11-12,14,16H,3-10,13H2,(H,27,28,29). The predicted molar refractivity (Wildman–Crippen MR) is 128 cm³/mol. The van der Waals surface area contributed by atoms with Crippen molar-refractivity contribution in [3.63, 3.8) is 0 Å². The number of hydrogen-bond donors (Lipinski definition) is 1. The third-order valence-electron chi connectivity index (χ3n) is 6.08. The van der Waals surface area contributed by atoms with E-state index in [4.69, 9.17) is 26.1 Å². The van der Waals surface area contributed by atoms with Crippen LogP contribution in [0.2, 0.25) is 5.02 Å². The summed E-state index contributed by atoms with van der Waals surface area (Å²) in [7, 11) is 0. The molecule has 4 heterocycles. The van der Waals surface area contributed by atoms with Crippen molar-refractivity contribution in [1.82, 2.24) is 24.8 Å². The number of rotatable bonds is 6. The van der Waals surface area contributed by atoms with Gasteiger partial charge >= 0.3 is 0 Å². The Labute approximate surface area is 206 Å². The fraction of sp³-hybridized carbons (Fsp3) is 0.435. The number of piperidine rings is 1. The van der Waals surface area contributed by atoms with E-state index in [0.29, 0.717) is 67.9 Å². The van der Waals surface area contributed by atoms with Crippen LogP contribution in [0.15, 0.2) is 30.7 Å². The number of aromatic nitrogens is 4. The molecule has 1 amide bonds. The molecule has 3 aromatic rings. The molecule has 2 aromatic heterocycles. The van der Waals surface area contributed by atoms with E-state index in [1.54, 1.807) is 17.2 Å². The van der Waals surface area contributed by atoms with E-state index in [1.165, 1.54) is 18.5 Å². The molecule has 12 heteroatoms. The van der Waals surface area contributed by atoms with Crippen LogP contribution in [0.5, 0.6) is 0 Å². The van der Waals surface area contributed by atoms with Crippen molar-refractivity contribution in [3.8, 4) is 0 Å². The smallest absolute Gasteiger partial charge is 0.248 e. The Hall–Kier alpha value is -3.15. The first-order valence-electron chi connectivity index (χ1n) is 11.5. The third kappa shape index (κ3) is 5.58. The maximum atomic E-state index is 13.5. The minimum absolute atomic E-state index is 0.0102. The molecule has 1 aromatic carbocycles. The molecule has 0 radical (unpaired) electrons. The summed E-state index contributed by atoms with van der Waals surface area (Å²) in [5, 5.41) is 3.15. The maximum absolute atomic E-state index is 13.5. The van der Waals surface area contributed by atoms with Gasteiger partial charge < -0.3 is 24.6 Å². The Balaban J connectivity index is 1.22. The summed E-state index contributed by atoms with van der Waals surface area (Å²) in [5.74, 6) is 0.555. The van der Waals surface area contributed by atoms with E-state index < -0.39 is 5.82 Å². The van der Waals surface area contributed by atoms with E-state index >= 15 is 0 Å². The van der Waals surface area contributed by atoms with Crippen molar-refractivity contribution in [3.05, 3.63) is 41.6 Å². The summed E-state index contributed by atoms with van der Waals surface area (Å²) in [6.07, 6.45) is 4.62. The number of morpholine rings is 1. The first-order chi connectivity index (χ1) is 17.1. The van der Waals surface area contributed by atoms with Gasteiger partial charge in [-0.2, -0.15) is 0 Å². The molecule has 2 aliphatic heterocycles. The highest BCUT2D eigenvalue weighted by molar-refractivity contribution is 6.31. The molecule has 35 heavy (non-hydrogen) atoms. The molecule has 10 nitrogen and oxygen atoms in total. The Morgan fingerprint density at radius 2 is 1.97 bits per heavy atom. The highest BCUT2D eigenvalue weighted by Gasteiger charge is 2.24. The number of nitrogens with zero attached hydrogens (tertiary/aromatic N) is 6. The minimum atomic E-state index is -0.493. The van der Waals surface area contributed by atoms with Crippen molar-refractivity contribution < 1.29 is 18.7 Å². The van der Waals surface area contributed by atoms with Crippen LogP contribution in [0, 0.1) is 5.82 Å². The molecular formula is C23H25ClFN7O3. The average Bonchev–Trinajstić information content (AvgIpc) is 2.90. The van der Waals surface area contributed by atoms with Crippen molar-refractivity contribution in [2.45, 2.75) is 18.9 Å². The summed E-state index contributed by atoms with van der Waals surface area (Å²) in [6.45, 7) is 3.89. The molecule has 5 rings (SSSR count). The van der Waals surface area contributed by atoms with Crippen LogP contribution in [0.4, 0.5) is 21.8 Å². The highest BCUT2D eigenvalue weighted by atomic mass is 35.5. The fourth-order valence-corrected chi connectivity index (χ4v) is 4.30. The quantitative estimate of drug-likeness (QED) is 0.545. The summed E-state index contributed by atoms with van der Waals surface area (Å²) in [5.41, 5.74) is 1.72. The number of carbonyl (C=O) groups excluding carboxylic acids is 1. The van der Waals surface area contributed by atoms with Crippen LogP contribution in [0.1, 0.15) is 12.8 Å². The predicted octanol–water partition coefficient (Wildman–Crippen LogP) is 2.80. The second kappa shape index (κ2) is 10.6. The van der Waals surface area contributed by atoms with E-state index in [9.17, 15) is 9.18 Å². The van der Waals surface area contributed by atoms with E-state index in [-0.39, 0.29) is 23.6 Å². The fourth-order valence-electron chi connectivity index (χ4n) is 4.11. The molecule has 184 valence electrons.